The monoisotopic (exact) mass is 546 g/mol. The summed E-state index contributed by atoms with van der Waals surface area (Å²) in [6, 6.07) is 18.7. The lowest BCUT2D eigenvalue weighted by atomic mass is 10.1. The average Bonchev–Trinajstić information content (AvgIpc) is 2.99. The number of nitrogens with zero attached hydrogens (tertiary/aromatic N) is 5. The first-order valence-electron chi connectivity index (χ1n) is 13.5. The van der Waals surface area contributed by atoms with Gasteiger partial charge in [-0.3, -0.25) is 4.79 Å². The zero-order valence-corrected chi connectivity index (χ0v) is 23.8. The number of methoxy groups -OCH3 is 2. The molecule has 1 atom stereocenters. The summed E-state index contributed by atoms with van der Waals surface area (Å²) in [6.07, 6.45) is 0. The first-order valence-corrected chi connectivity index (χ1v) is 13.5. The van der Waals surface area contributed by atoms with Crippen LogP contribution in [0.1, 0.15) is 32.4 Å². The maximum atomic E-state index is 13.3. The molecule has 2 aromatic carbocycles. The van der Waals surface area contributed by atoms with Crippen LogP contribution < -0.4 is 19.7 Å². The summed E-state index contributed by atoms with van der Waals surface area (Å²) in [6.45, 7) is 8.11. The van der Waals surface area contributed by atoms with Crippen molar-refractivity contribution in [3.8, 4) is 22.8 Å². The fraction of sp³-hybridized carbons (Fsp3) is 0.400. The molecule has 1 aliphatic rings. The summed E-state index contributed by atoms with van der Waals surface area (Å²) in [5.41, 5.74) is 2.59. The first kappa shape index (κ1) is 28.7. The van der Waals surface area contributed by atoms with Gasteiger partial charge in [0.05, 0.1) is 26.0 Å². The second-order valence-electron chi connectivity index (χ2n) is 10.0. The summed E-state index contributed by atoms with van der Waals surface area (Å²) in [5, 5.41) is 11.8. The van der Waals surface area contributed by atoms with Crippen molar-refractivity contribution in [3.63, 3.8) is 0 Å². The van der Waals surface area contributed by atoms with Crippen molar-refractivity contribution in [2.75, 3.05) is 51.8 Å². The molecule has 0 bridgehead atoms. The van der Waals surface area contributed by atoms with Crippen molar-refractivity contribution >= 4 is 17.8 Å². The largest absolute Gasteiger partial charge is 0.493 e. The minimum atomic E-state index is -0.247. The van der Waals surface area contributed by atoms with E-state index < -0.39 is 0 Å². The van der Waals surface area contributed by atoms with Crippen LogP contribution in [0.5, 0.6) is 11.5 Å². The molecule has 40 heavy (non-hydrogen) atoms. The Bertz CT molecular complexity index is 1280. The van der Waals surface area contributed by atoms with Gasteiger partial charge >= 0.3 is 6.03 Å². The van der Waals surface area contributed by atoms with Crippen LogP contribution in [0.4, 0.5) is 10.6 Å². The van der Waals surface area contributed by atoms with Gasteiger partial charge in [0.15, 0.2) is 17.3 Å². The van der Waals surface area contributed by atoms with E-state index in [0.29, 0.717) is 37.7 Å². The maximum Gasteiger partial charge on any atom is 0.318 e. The third-order valence-corrected chi connectivity index (χ3v) is 7.01. The number of piperazine rings is 1. The van der Waals surface area contributed by atoms with Gasteiger partial charge in [-0.15, -0.1) is 10.2 Å². The fourth-order valence-electron chi connectivity index (χ4n) is 4.70. The Hall–Kier alpha value is -4.34. The van der Waals surface area contributed by atoms with Crippen molar-refractivity contribution in [1.82, 2.24) is 25.3 Å². The lowest BCUT2D eigenvalue weighted by Gasteiger charge is -2.37. The smallest absolute Gasteiger partial charge is 0.318 e. The molecule has 0 radical (unpaired) electrons. The number of carbonyl (C=O) groups excluding carboxylic acids is 2. The molecule has 212 valence electrons. The predicted molar refractivity (Wildman–Crippen MR) is 155 cm³/mol. The number of urea groups is 1. The highest BCUT2D eigenvalue weighted by Gasteiger charge is 2.29. The van der Waals surface area contributed by atoms with Gasteiger partial charge in [-0.2, -0.15) is 0 Å². The Labute approximate surface area is 235 Å². The number of hydrogen-bond acceptors (Lipinski definition) is 7. The number of ether oxygens (including phenoxy) is 2. The molecule has 1 N–H and O–H groups in total. The van der Waals surface area contributed by atoms with Crippen molar-refractivity contribution in [2.45, 2.75) is 32.9 Å². The van der Waals surface area contributed by atoms with Gasteiger partial charge in [0.25, 0.3) is 0 Å². The van der Waals surface area contributed by atoms with Crippen LogP contribution in [0, 0.1) is 0 Å². The number of benzene rings is 2. The van der Waals surface area contributed by atoms with Crippen LogP contribution in [0.3, 0.4) is 0 Å². The molecule has 10 nitrogen and oxygen atoms in total. The Morgan fingerprint density at radius 2 is 1.60 bits per heavy atom. The fourth-order valence-corrected chi connectivity index (χ4v) is 4.70. The molecular formula is C30H38N6O4. The normalized spacial score (nSPS) is 14.1. The Morgan fingerprint density at radius 1 is 0.900 bits per heavy atom. The van der Waals surface area contributed by atoms with E-state index in [-0.39, 0.29) is 30.6 Å². The van der Waals surface area contributed by atoms with Crippen molar-refractivity contribution < 1.29 is 19.1 Å². The molecule has 2 heterocycles. The third-order valence-electron chi connectivity index (χ3n) is 7.01. The minimum Gasteiger partial charge on any atom is -0.493 e. The van der Waals surface area contributed by atoms with E-state index in [4.69, 9.17) is 9.47 Å². The molecular weight excluding hydrogens is 508 g/mol. The molecule has 3 amide bonds. The zero-order chi connectivity index (χ0) is 28.6. The molecule has 0 aliphatic carbocycles. The van der Waals surface area contributed by atoms with Gasteiger partial charge in [0.1, 0.15) is 6.54 Å². The summed E-state index contributed by atoms with van der Waals surface area (Å²) >= 11 is 0. The van der Waals surface area contributed by atoms with Crippen LogP contribution in [-0.2, 0) is 4.79 Å². The highest BCUT2D eigenvalue weighted by atomic mass is 16.5. The van der Waals surface area contributed by atoms with E-state index >= 15 is 0 Å². The lowest BCUT2D eigenvalue weighted by Crippen LogP contribution is -2.53. The summed E-state index contributed by atoms with van der Waals surface area (Å²) in [7, 11) is 3.20. The van der Waals surface area contributed by atoms with Crippen molar-refractivity contribution in [1.29, 1.82) is 0 Å². The number of aromatic nitrogens is 2. The van der Waals surface area contributed by atoms with Crippen LogP contribution >= 0.6 is 0 Å². The first-order chi connectivity index (χ1) is 19.3. The number of nitrogens with one attached hydrogen (secondary N) is 1. The molecule has 1 aromatic heterocycles. The number of anilines is 1. The number of rotatable bonds is 9. The van der Waals surface area contributed by atoms with Gasteiger partial charge < -0.3 is 29.5 Å². The van der Waals surface area contributed by atoms with Gasteiger partial charge in [-0.1, -0.05) is 30.3 Å². The van der Waals surface area contributed by atoms with E-state index in [0.717, 1.165) is 22.6 Å². The van der Waals surface area contributed by atoms with Gasteiger partial charge in [0, 0.05) is 37.8 Å². The third kappa shape index (κ3) is 6.80. The quantitative estimate of drug-likeness (QED) is 0.433. The second kappa shape index (κ2) is 13.1. The summed E-state index contributed by atoms with van der Waals surface area (Å²) < 4.78 is 10.7. The second-order valence-corrected chi connectivity index (χ2v) is 10.0. The maximum absolute atomic E-state index is 13.3. The van der Waals surface area contributed by atoms with E-state index in [9.17, 15) is 9.59 Å². The molecule has 0 saturated carbocycles. The Balaban J connectivity index is 1.38. The predicted octanol–water partition coefficient (Wildman–Crippen LogP) is 3.99. The molecule has 0 spiro atoms. The van der Waals surface area contributed by atoms with Crippen LogP contribution in [0.15, 0.2) is 60.7 Å². The highest BCUT2D eigenvalue weighted by Crippen LogP contribution is 2.31. The number of hydrogen-bond donors (Lipinski definition) is 1. The van der Waals surface area contributed by atoms with Crippen molar-refractivity contribution in [3.05, 3.63) is 66.2 Å². The van der Waals surface area contributed by atoms with E-state index in [1.807, 2.05) is 86.3 Å². The number of carbonyl (C=O) groups is 2. The Morgan fingerprint density at radius 3 is 2.20 bits per heavy atom. The van der Waals surface area contributed by atoms with E-state index in [1.165, 1.54) is 0 Å². The zero-order valence-electron chi connectivity index (χ0n) is 23.8. The molecule has 0 unspecified atom stereocenters. The van der Waals surface area contributed by atoms with Gasteiger partial charge in [0.2, 0.25) is 5.91 Å². The minimum absolute atomic E-state index is 0.00837. The van der Waals surface area contributed by atoms with Crippen molar-refractivity contribution in [2.24, 2.45) is 0 Å². The molecule has 10 heteroatoms. The highest BCUT2D eigenvalue weighted by molar-refractivity contribution is 5.84. The van der Waals surface area contributed by atoms with Crippen LogP contribution in [0.2, 0.25) is 0 Å². The van der Waals surface area contributed by atoms with E-state index in [1.54, 1.807) is 19.1 Å². The summed E-state index contributed by atoms with van der Waals surface area (Å²) in [5.74, 6) is 1.97. The Kier molecular flexibility index (Phi) is 9.42. The standard InChI is InChI=1S/C30H38N6O4/c1-21(2)31-30(38)36(22(3)23-9-7-6-8-10-23)20-29(37)35-17-15-34(16-18-35)28-14-12-25(32-33-28)24-11-13-26(39-4)27(19-24)40-5/h6-14,19,21-22H,15-18,20H2,1-5H3,(H,31,38)/t22-/m0/s1. The molecule has 1 saturated heterocycles. The van der Waals surface area contributed by atoms with E-state index in [2.05, 4.69) is 20.4 Å². The van der Waals surface area contributed by atoms with Crippen LogP contribution in [-0.4, -0.2) is 84.9 Å². The average molecular weight is 547 g/mol. The van der Waals surface area contributed by atoms with Gasteiger partial charge in [-0.25, -0.2) is 4.79 Å². The van der Waals surface area contributed by atoms with Gasteiger partial charge in [-0.05, 0) is 56.7 Å². The molecule has 1 fully saturated rings. The van der Waals surface area contributed by atoms with Crippen LogP contribution in [0.25, 0.3) is 11.3 Å². The SMILES string of the molecule is COc1ccc(-c2ccc(N3CCN(C(=O)CN(C(=O)NC(C)C)[C@@H](C)c4ccccc4)CC3)nn2)cc1OC. The molecule has 3 aromatic rings. The number of amides is 3. The molecule has 4 rings (SSSR count). The topological polar surface area (TPSA) is 100 Å². The molecule has 1 aliphatic heterocycles. The summed E-state index contributed by atoms with van der Waals surface area (Å²) in [4.78, 5) is 31.9. The lowest BCUT2D eigenvalue weighted by molar-refractivity contribution is -0.132.